The van der Waals surface area contributed by atoms with Gasteiger partial charge in [0, 0.05) is 5.56 Å². The smallest absolute Gasteiger partial charge is 0.338 e. The topological polar surface area (TPSA) is 90.0 Å². The molecule has 0 aromatic heterocycles. The molecule has 34 heavy (non-hydrogen) atoms. The van der Waals surface area contributed by atoms with Crippen LogP contribution in [0, 0.1) is 35.5 Å². The van der Waals surface area contributed by atoms with Gasteiger partial charge in [-0.15, -0.1) is 0 Å². The summed E-state index contributed by atoms with van der Waals surface area (Å²) < 4.78 is 10.2. The van der Waals surface area contributed by atoms with E-state index in [0.29, 0.717) is 28.8 Å². The van der Waals surface area contributed by atoms with Crippen LogP contribution in [0.4, 0.5) is 5.69 Å². The number of imide groups is 1. The summed E-state index contributed by atoms with van der Waals surface area (Å²) >= 11 is 0. The number of rotatable bonds is 6. The number of carbonyl (C=O) groups excluding carboxylic acids is 4. The number of benzene rings is 2. The quantitative estimate of drug-likeness (QED) is 0.286. The molecule has 6 atom stereocenters. The number of hydrogen-bond donors (Lipinski definition) is 0. The van der Waals surface area contributed by atoms with Gasteiger partial charge < -0.3 is 9.47 Å². The lowest BCUT2D eigenvalue weighted by molar-refractivity contribution is -0.124. The summed E-state index contributed by atoms with van der Waals surface area (Å²) in [6.07, 6.45) is 5.40. The number of amides is 2. The monoisotopic (exact) mass is 457 g/mol. The Bertz CT molecular complexity index is 1190. The second-order valence-corrected chi connectivity index (χ2v) is 9.44. The van der Waals surface area contributed by atoms with Crippen molar-refractivity contribution in [2.75, 3.05) is 18.6 Å². The molecule has 2 amide bonds. The Hall–Kier alpha value is -3.74. The number of carbonyl (C=O) groups is 4. The molecule has 1 aliphatic heterocycles. The van der Waals surface area contributed by atoms with E-state index in [-0.39, 0.29) is 46.8 Å². The summed E-state index contributed by atoms with van der Waals surface area (Å²) in [5.41, 5.74) is 1.12. The fraction of sp³-hybridized carbons (Fsp3) is 0.333. The first-order valence-electron chi connectivity index (χ1n) is 11.5. The zero-order valence-corrected chi connectivity index (χ0v) is 18.5. The standard InChI is InChI=1S/C27H23NO6/c1-33-17-8-4-14(5-9-17)22(29)13-34-27(32)15-2-6-16(7-3-15)28-25(30)23-18-10-11-19(21-12-20(18)21)24(23)26(28)31/h2-11,18-21,23-24H,12-13H2,1H3/t18-,19-,20-,21-,23+,24+/m0/s1. The third-order valence-corrected chi connectivity index (χ3v) is 7.77. The number of nitrogens with zero attached hydrogens (tertiary/aromatic N) is 1. The van der Waals surface area contributed by atoms with Crippen LogP contribution in [0.15, 0.2) is 60.7 Å². The highest BCUT2D eigenvalue weighted by molar-refractivity contribution is 6.22. The Morgan fingerprint density at radius 2 is 1.41 bits per heavy atom. The predicted octanol–water partition coefficient (Wildman–Crippen LogP) is 3.29. The lowest BCUT2D eigenvalue weighted by Crippen LogP contribution is -2.40. The predicted molar refractivity (Wildman–Crippen MR) is 121 cm³/mol. The minimum atomic E-state index is -0.650. The summed E-state index contributed by atoms with van der Waals surface area (Å²) in [5.74, 6) is 0.270. The second-order valence-electron chi connectivity index (χ2n) is 9.44. The number of Topliss-reactive ketones (excluding diaryl/α,β-unsaturated/α-hetero) is 1. The van der Waals surface area contributed by atoms with E-state index in [2.05, 4.69) is 12.2 Å². The van der Waals surface area contributed by atoms with Gasteiger partial charge in [-0.05, 0) is 78.6 Å². The van der Waals surface area contributed by atoms with Gasteiger partial charge in [0.15, 0.2) is 12.4 Å². The Morgan fingerprint density at radius 1 is 0.853 bits per heavy atom. The van der Waals surface area contributed by atoms with Gasteiger partial charge in [0.1, 0.15) is 5.75 Å². The van der Waals surface area contributed by atoms with Crippen LogP contribution in [0.2, 0.25) is 0 Å². The van der Waals surface area contributed by atoms with Crippen LogP contribution in [-0.4, -0.2) is 37.3 Å². The van der Waals surface area contributed by atoms with E-state index in [4.69, 9.17) is 9.47 Å². The van der Waals surface area contributed by atoms with E-state index in [1.54, 1.807) is 36.4 Å². The van der Waals surface area contributed by atoms with Crippen LogP contribution in [0.25, 0.3) is 0 Å². The maximum Gasteiger partial charge on any atom is 0.338 e. The van der Waals surface area contributed by atoms with Gasteiger partial charge in [-0.2, -0.15) is 0 Å². The minimum absolute atomic E-state index is 0.139. The average Bonchev–Trinajstić information content (AvgIpc) is 3.65. The molecule has 5 aliphatic rings. The van der Waals surface area contributed by atoms with Crippen molar-refractivity contribution >= 4 is 29.3 Å². The molecule has 7 rings (SSSR count). The van der Waals surface area contributed by atoms with Gasteiger partial charge in [-0.1, -0.05) is 12.2 Å². The van der Waals surface area contributed by atoms with Crippen LogP contribution in [0.3, 0.4) is 0 Å². The SMILES string of the molecule is COc1ccc(C(=O)COC(=O)c2ccc(N3C(=O)[C@@H]4[C@H]5C=C[C@@H]([C@@H]6C[C@@H]56)[C@H]4C3=O)cc2)cc1. The Labute approximate surface area is 196 Å². The number of ether oxygens (including phenoxy) is 2. The molecule has 0 unspecified atom stereocenters. The van der Waals surface area contributed by atoms with Crippen molar-refractivity contribution in [3.63, 3.8) is 0 Å². The lowest BCUT2D eigenvalue weighted by Gasteiger charge is -2.37. The summed E-state index contributed by atoms with van der Waals surface area (Å²) in [5, 5.41) is 0. The fourth-order valence-electron chi connectivity index (χ4n) is 6.03. The summed E-state index contributed by atoms with van der Waals surface area (Å²) in [4.78, 5) is 52.4. The molecule has 0 spiro atoms. The molecule has 172 valence electrons. The Balaban J connectivity index is 1.12. The van der Waals surface area contributed by atoms with Crippen molar-refractivity contribution in [1.29, 1.82) is 0 Å². The van der Waals surface area contributed by atoms with Crippen molar-refractivity contribution in [2.45, 2.75) is 6.42 Å². The van der Waals surface area contributed by atoms with Gasteiger partial charge in [-0.25, -0.2) is 4.79 Å². The zero-order valence-electron chi connectivity index (χ0n) is 18.5. The molecule has 2 aromatic rings. The first-order valence-corrected chi connectivity index (χ1v) is 11.5. The van der Waals surface area contributed by atoms with E-state index in [0.717, 1.165) is 6.42 Å². The Morgan fingerprint density at radius 3 is 1.97 bits per heavy atom. The van der Waals surface area contributed by atoms with Gasteiger partial charge >= 0.3 is 5.97 Å². The molecule has 7 heteroatoms. The molecule has 2 aromatic carbocycles. The molecular formula is C27H23NO6. The number of allylic oxidation sites excluding steroid dienone is 2. The maximum absolute atomic E-state index is 13.2. The van der Waals surface area contributed by atoms with Gasteiger partial charge in [0.25, 0.3) is 0 Å². The van der Waals surface area contributed by atoms with Crippen molar-refractivity contribution < 1.29 is 28.7 Å². The molecule has 4 aliphatic carbocycles. The third-order valence-electron chi connectivity index (χ3n) is 7.77. The van der Waals surface area contributed by atoms with Gasteiger partial charge in [0.2, 0.25) is 11.8 Å². The van der Waals surface area contributed by atoms with Crippen LogP contribution in [0.1, 0.15) is 27.1 Å². The molecule has 2 bridgehead atoms. The minimum Gasteiger partial charge on any atom is -0.497 e. The molecule has 1 heterocycles. The van der Waals surface area contributed by atoms with E-state index in [1.807, 2.05) is 0 Å². The van der Waals surface area contributed by atoms with Crippen molar-refractivity contribution in [2.24, 2.45) is 35.5 Å². The summed E-state index contributed by atoms with van der Waals surface area (Å²) in [6.45, 7) is -0.391. The highest BCUT2D eigenvalue weighted by Crippen LogP contribution is 2.65. The maximum atomic E-state index is 13.2. The molecule has 1 saturated heterocycles. The summed E-state index contributed by atoms with van der Waals surface area (Å²) in [7, 11) is 1.54. The number of hydrogen-bond acceptors (Lipinski definition) is 6. The first kappa shape index (κ1) is 20.8. The zero-order chi connectivity index (χ0) is 23.6. The van der Waals surface area contributed by atoms with Crippen molar-refractivity contribution in [3.8, 4) is 5.75 Å². The van der Waals surface area contributed by atoms with Crippen LogP contribution in [-0.2, 0) is 14.3 Å². The molecular weight excluding hydrogens is 434 g/mol. The van der Waals surface area contributed by atoms with Crippen LogP contribution in [0.5, 0.6) is 5.75 Å². The molecule has 0 radical (unpaired) electrons. The number of ketones is 1. The average molecular weight is 457 g/mol. The van der Waals surface area contributed by atoms with Crippen molar-refractivity contribution in [3.05, 3.63) is 71.8 Å². The third kappa shape index (κ3) is 3.10. The normalized spacial score (nSPS) is 30.1. The van der Waals surface area contributed by atoms with Gasteiger partial charge in [-0.3, -0.25) is 19.3 Å². The molecule has 3 fully saturated rings. The van der Waals surface area contributed by atoms with E-state index < -0.39 is 12.6 Å². The highest BCUT2D eigenvalue weighted by atomic mass is 16.5. The highest BCUT2D eigenvalue weighted by Gasteiger charge is 2.67. The Kier molecular flexibility index (Phi) is 4.69. The molecule has 0 N–H and O–H groups in total. The second kappa shape index (κ2) is 7.65. The summed E-state index contributed by atoms with van der Waals surface area (Å²) in [6, 6.07) is 12.7. The molecule has 7 nitrogen and oxygen atoms in total. The van der Waals surface area contributed by atoms with Crippen LogP contribution >= 0.6 is 0 Å². The lowest BCUT2D eigenvalue weighted by atomic mass is 9.63. The number of anilines is 1. The van der Waals surface area contributed by atoms with Crippen molar-refractivity contribution in [1.82, 2.24) is 0 Å². The van der Waals surface area contributed by atoms with E-state index >= 15 is 0 Å². The first-order chi connectivity index (χ1) is 16.5. The largest absolute Gasteiger partial charge is 0.497 e. The van der Waals surface area contributed by atoms with E-state index in [9.17, 15) is 19.2 Å². The van der Waals surface area contributed by atoms with E-state index in [1.165, 1.54) is 24.1 Å². The number of esters is 1. The molecule has 2 saturated carbocycles. The van der Waals surface area contributed by atoms with Crippen LogP contribution < -0.4 is 9.64 Å². The van der Waals surface area contributed by atoms with Gasteiger partial charge in [0.05, 0.1) is 30.2 Å². The fourth-order valence-corrected chi connectivity index (χ4v) is 6.03. The number of methoxy groups -OCH3 is 1.